The molecular weight excluding hydrogens is 484 g/mol. The first-order chi connectivity index (χ1) is 16.1. The number of benzene rings is 2. The molecule has 0 saturated carbocycles. The van der Waals surface area contributed by atoms with E-state index in [1.54, 1.807) is 5.38 Å². The molecule has 4 rings (SSSR count). The molecule has 1 amide bonds. The van der Waals surface area contributed by atoms with E-state index < -0.39 is 38.4 Å². The summed E-state index contributed by atoms with van der Waals surface area (Å²) in [5.41, 5.74) is 0.222. The van der Waals surface area contributed by atoms with Gasteiger partial charge in [0, 0.05) is 29.4 Å². The zero-order valence-corrected chi connectivity index (χ0v) is 19.0. The lowest BCUT2D eigenvalue weighted by molar-refractivity contribution is -0.384. The molecule has 0 saturated heterocycles. The molecular formula is C21H16N4O7S2. The first-order valence-electron chi connectivity index (χ1n) is 9.64. The fourth-order valence-corrected chi connectivity index (χ4v) is 5.35. The molecule has 2 aromatic carbocycles. The molecule has 174 valence electrons. The van der Waals surface area contributed by atoms with Gasteiger partial charge in [-0.25, -0.2) is 13.4 Å². The molecule has 1 aliphatic rings. The number of Topliss-reactive ketones (excluding diaryl/α,β-unsaturated/α-hetero) is 1. The number of nitrogens with one attached hydrogen (secondary N) is 1. The lowest BCUT2D eigenvalue weighted by Crippen LogP contribution is -2.30. The number of carbonyl (C=O) groups is 2. The van der Waals surface area contributed by atoms with Crippen molar-refractivity contribution < 1.29 is 28.0 Å². The zero-order valence-electron chi connectivity index (χ0n) is 17.4. The van der Waals surface area contributed by atoms with Crippen molar-refractivity contribution in [1.29, 1.82) is 0 Å². The van der Waals surface area contributed by atoms with Crippen LogP contribution in [0.1, 0.15) is 18.5 Å². The van der Waals surface area contributed by atoms with Gasteiger partial charge in [0.2, 0.25) is 0 Å². The third-order valence-electron chi connectivity index (χ3n) is 5.09. The smallest absolute Gasteiger partial charge is 0.294 e. The number of nitro benzene ring substituents is 1. The molecule has 1 aromatic heterocycles. The van der Waals surface area contributed by atoms with Gasteiger partial charge in [0.05, 0.1) is 21.4 Å². The standard InChI is InChI=1S/C21H16N4O7S2/c1-12(26)17-18(13-2-4-15(5-3-13)25(29)30)24(20(28)19(17)27)14-6-8-16(9-7-14)34(31,32)23-21-22-10-11-33-21/h2-11,18,27H,1H3,(H,22,23)/t18-/m1/s1. The van der Waals surface area contributed by atoms with Gasteiger partial charge in [0.15, 0.2) is 16.7 Å². The summed E-state index contributed by atoms with van der Waals surface area (Å²) in [6.07, 6.45) is 1.45. The molecule has 1 atom stereocenters. The van der Waals surface area contributed by atoms with E-state index in [-0.39, 0.29) is 27.0 Å². The summed E-state index contributed by atoms with van der Waals surface area (Å²) in [7, 11) is -3.93. The predicted octanol–water partition coefficient (Wildman–Crippen LogP) is 3.34. The van der Waals surface area contributed by atoms with Crippen LogP contribution in [0.2, 0.25) is 0 Å². The number of non-ortho nitro benzene ring substituents is 1. The molecule has 3 aromatic rings. The van der Waals surface area contributed by atoms with E-state index in [1.807, 2.05) is 0 Å². The summed E-state index contributed by atoms with van der Waals surface area (Å²) >= 11 is 1.11. The second-order valence-electron chi connectivity index (χ2n) is 7.18. The van der Waals surface area contributed by atoms with Crippen molar-refractivity contribution >= 4 is 49.6 Å². The molecule has 2 N–H and O–H groups in total. The third kappa shape index (κ3) is 4.13. The maximum atomic E-state index is 12.9. The van der Waals surface area contributed by atoms with Crippen LogP contribution in [-0.2, 0) is 19.6 Å². The lowest BCUT2D eigenvalue weighted by atomic mass is 9.96. The number of nitro groups is 1. The number of hydrogen-bond donors (Lipinski definition) is 2. The number of aliphatic hydroxyl groups is 1. The highest BCUT2D eigenvalue weighted by molar-refractivity contribution is 7.93. The molecule has 0 radical (unpaired) electrons. The Hall–Kier alpha value is -4.10. The molecule has 0 fully saturated rings. The highest BCUT2D eigenvalue weighted by Gasteiger charge is 2.43. The first-order valence-corrected chi connectivity index (χ1v) is 12.0. The van der Waals surface area contributed by atoms with Gasteiger partial charge in [-0.1, -0.05) is 0 Å². The van der Waals surface area contributed by atoms with Crippen molar-refractivity contribution in [2.24, 2.45) is 0 Å². The number of carbonyl (C=O) groups excluding carboxylic acids is 2. The molecule has 34 heavy (non-hydrogen) atoms. The van der Waals surface area contributed by atoms with Crippen molar-refractivity contribution in [3.8, 4) is 0 Å². The van der Waals surface area contributed by atoms with Gasteiger partial charge in [-0.3, -0.25) is 29.3 Å². The minimum Gasteiger partial charge on any atom is -0.503 e. The van der Waals surface area contributed by atoms with Gasteiger partial charge < -0.3 is 5.11 Å². The average molecular weight is 501 g/mol. The largest absolute Gasteiger partial charge is 0.503 e. The van der Waals surface area contributed by atoms with Gasteiger partial charge in [0.25, 0.3) is 21.6 Å². The monoisotopic (exact) mass is 500 g/mol. The highest BCUT2D eigenvalue weighted by atomic mass is 32.2. The van der Waals surface area contributed by atoms with Crippen LogP contribution in [0.5, 0.6) is 0 Å². The van der Waals surface area contributed by atoms with Crippen LogP contribution in [0, 0.1) is 10.1 Å². The molecule has 0 bridgehead atoms. The summed E-state index contributed by atoms with van der Waals surface area (Å²) in [5, 5.41) is 23.2. The number of aromatic nitrogens is 1. The SMILES string of the molecule is CC(=O)C1=C(O)C(=O)N(c2ccc(S(=O)(=O)Nc3nccs3)cc2)[C@@H]1c1ccc([N+](=O)[O-])cc1. The van der Waals surface area contributed by atoms with Gasteiger partial charge in [0.1, 0.15) is 0 Å². The Morgan fingerprint density at radius 3 is 2.35 bits per heavy atom. The van der Waals surface area contributed by atoms with Crippen LogP contribution in [0.4, 0.5) is 16.5 Å². The number of nitrogens with zero attached hydrogens (tertiary/aromatic N) is 3. The van der Waals surface area contributed by atoms with Crippen molar-refractivity contribution in [3.05, 3.63) is 87.1 Å². The van der Waals surface area contributed by atoms with Crippen LogP contribution >= 0.6 is 11.3 Å². The van der Waals surface area contributed by atoms with Crippen LogP contribution in [0.25, 0.3) is 0 Å². The predicted molar refractivity (Wildman–Crippen MR) is 123 cm³/mol. The molecule has 2 heterocycles. The number of thiazole rings is 1. The lowest BCUT2D eigenvalue weighted by Gasteiger charge is -2.26. The number of hydrogen-bond acceptors (Lipinski definition) is 9. The quantitative estimate of drug-likeness (QED) is 0.369. The summed E-state index contributed by atoms with van der Waals surface area (Å²) in [5.74, 6) is -2.15. The first kappa shape index (κ1) is 23.1. The number of aliphatic hydroxyl groups excluding tert-OH is 1. The fourth-order valence-electron chi connectivity index (χ4n) is 3.56. The Balaban J connectivity index is 1.72. The van der Waals surface area contributed by atoms with Crippen LogP contribution in [-0.4, -0.2) is 35.1 Å². The summed E-state index contributed by atoms with van der Waals surface area (Å²) in [4.78, 5) is 40.5. The molecule has 13 heteroatoms. The summed E-state index contributed by atoms with van der Waals surface area (Å²) in [6.45, 7) is 1.20. The minimum absolute atomic E-state index is 0.0889. The van der Waals surface area contributed by atoms with Crippen LogP contribution in [0.15, 0.2) is 76.3 Å². The average Bonchev–Trinajstić information content (AvgIpc) is 3.39. The Kier molecular flexibility index (Phi) is 5.89. The van der Waals surface area contributed by atoms with E-state index in [2.05, 4.69) is 9.71 Å². The molecule has 0 spiro atoms. The van der Waals surface area contributed by atoms with Crippen LogP contribution < -0.4 is 9.62 Å². The van der Waals surface area contributed by atoms with Crippen molar-refractivity contribution in [3.63, 3.8) is 0 Å². The zero-order chi connectivity index (χ0) is 24.6. The summed E-state index contributed by atoms with van der Waals surface area (Å²) < 4.78 is 27.5. The highest BCUT2D eigenvalue weighted by Crippen LogP contribution is 2.41. The van der Waals surface area contributed by atoms with E-state index >= 15 is 0 Å². The third-order valence-corrected chi connectivity index (χ3v) is 7.26. The maximum Gasteiger partial charge on any atom is 0.294 e. The van der Waals surface area contributed by atoms with Gasteiger partial charge in [-0.2, -0.15) is 0 Å². The number of amides is 1. The second kappa shape index (κ2) is 8.68. The van der Waals surface area contributed by atoms with E-state index in [0.29, 0.717) is 5.56 Å². The fraction of sp³-hybridized carbons (Fsp3) is 0.0952. The maximum absolute atomic E-state index is 12.9. The Morgan fingerprint density at radius 2 is 1.82 bits per heavy atom. The van der Waals surface area contributed by atoms with E-state index in [9.17, 15) is 33.2 Å². The number of sulfonamides is 1. The van der Waals surface area contributed by atoms with E-state index in [1.165, 1.54) is 61.7 Å². The Morgan fingerprint density at radius 1 is 1.18 bits per heavy atom. The normalized spacial score (nSPS) is 16.1. The van der Waals surface area contributed by atoms with Gasteiger partial charge >= 0.3 is 0 Å². The van der Waals surface area contributed by atoms with E-state index in [0.717, 1.165) is 16.2 Å². The van der Waals surface area contributed by atoms with Crippen molar-refractivity contribution in [1.82, 2.24) is 4.98 Å². The van der Waals surface area contributed by atoms with Gasteiger partial charge in [-0.05, 0) is 48.9 Å². The second-order valence-corrected chi connectivity index (χ2v) is 9.76. The number of ketones is 1. The molecule has 0 unspecified atom stereocenters. The molecule has 0 aliphatic carbocycles. The van der Waals surface area contributed by atoms with Crippen LogP contribution in [0.3, 0.4) is 0 Å². The molecule has 11 nitrogen and oxygen atoms in total. The Labute approximate surface area is 197 Å². The Bertz CT molecular complexity index is 1410. The number of anilines is 2. The number of rotatable bonds is 7. The van der Waals surface area contributed by atoms with Crippen molar-refractivity contribution in [2.45, 2.75) is 17.9 Å². The minimum atomic E-state index is -3.93. The molecule has 1 aliphatic heterocycles. The topological polar surface area (TPSA) is 160 Å². The van der Waals surface area contributed by atoms with Gasteiger partial charge in [-0.15, -0.1) is 11.3 Å². The van der Waals surface area contributed by atoms with Crippen molar-refractivity contribution in [2.75, 3.05) is 9.62 Å². The summed E-state index contributed by atoms with van der Waals surface area (Å²) in [6, 6.07) is 9.45. The van der Waals surface area contributed by atoms with E-state index in [4.69, 9.17) is 0 Å².